The summed E-state index contributed by atoms with van der Waals surface area (Å²) in [6.07, 6.45) is 11.1. The average molecular weight is 301 g/mol. The number of allylic oxidation sites excluding steroid dienone is 2. The van der Waals surface area contributed by atoms with E-state index < -0.39 is 0 Å². The van der Waals surface area contributed by atoms with Gasteiger partial charge in [0.05, 0.1) is 0 Å². The van der Waals surface area contributed by atoms with Gasteiger partial charge in [-0.2, -0.15) is 0 Å². The van der Waals surface area contributed by atoms with Crippen LogP contribution in [0.3, 0.4) is 0 Å². The standard InChI is InChI=1S/C20H31NO/c1-12(21-17-9-18(22)11-20(2,3)10-17)19-15-5-13-4-14(7-15)8-16(19)6-13/h9,12-16,19,21H,4-8,10-11H2,1-3H3/t12-,13?,14?,15?,16?,19?/m1/s1. The molecule has 1 N–H and O–H groups in total. The number of carbonyl (C=O) groups is 1. The summed E-state index contributed by atoms with van der Waals surface area (Å²) in [5.74, 6) is 5.13. The molecule has 122 valence electrons. The molecule has 2 heteroatoms. The summed E-state index contributed by atoms with van der Waals surface area (Å²) in [4.78, 5) is 12.0. The van der Waals surface area contributed by atoms with E-state index in [0.717, 1.165) is 36.0 Å². The Balaban J connectivity index is 1.46. The number of ketones is 1. The van der Waals surface area contributed by atoms with Crippen LogP contribution in [0.5, 0.6) is 0 Å². The first-order chi connectivity index (χ1) is 10.4. The van der Waals surface area contributed by atoms with Crippen molar-refractivity contribution in [1.29, 1.82) is 0 Å². The molecular weight excluding hydrogens is 270 g/mol. The average Bonchev–Trinajstić information content (AvgIpc) is 2.34. The summed E-state index contributed by atoms with van der Waals surface area (Å²) in [5.41, 5.74) is 1.32. The molecule has 0 aromatic rings. The van der Waals surface area contributed by atoms with Gasteiger partial charge in [0, 0.05) is 24.2 Å². The lowest BCUT2D eigenvalue weighted by atomic mass is 9.50. The predicted octanol–water partition coefficient (Wildman–Crippen LogP) is 4.31. The number of nitrogens with one attached hydrogen (secondary N) is 1. The van der Waals surface area contributed by atoms with E-state index in [4.69, 9.17) is 0 Å². The second kappa shape index (κ2) is 5.11. The maximum atomic E-state index is 12.0. The SMILES string of the molecule is C[C@@H](NC1=CC(=O)CC(C)(C)C1)C1C2CC3CC(C2)CC1C3. The summed E-state index contributed by atoms with van der Waals surface area (Å²) in [5, 5.41) is 3.77. The molecule has 22 heavy (non-hydrogen) atoms. The van der Waals surface area contributed by atoms with Crippen LogP contribution in [0.25, 0.3) is 0 Å². The fraction of sp³-hybridized carbons (Fsp3) is 0.850. The van der Waals surface area contributed by atoms with Gasteiger partial charge in [-0.25, -0.2) is 0 Å². The largest absolute Gasteiger partial charge is 0.385 e. The van der Waals surface area contributed by atoms with E-state index >= 15 is 0 Å². The van der Waals surface area contributed by atoms with Crippen molar-refractivity contribution in [1.82, 2.24) is 5.32 Å². The first-order valence-corrected chi connectivity index (χ1v) is 9.39. The Kier molecular flexibility index (Phi) is 3.43. The van der Waals surface area contributed by atoms with Crippen LogP contribution < -0.4 is 5.32 Å². The van der Waals surface area contributed by atoms with Crippen molar-refractivity contribution in [3.63, 3.8) is 0 Å². The van der Waals surface area contributed by atoms with E-state index in [0.29, 0.717) is 18.2 Å². The lowest BCUT2D eigenvalue weighted by molar-refractivity contribution is -0.117. The molecule has 0 radical (unpaired) electrons. The summed E-state index contributed by atoms with van der Waals surface area (Å²) < 4.78 is 0. The number of hydrogen-bond acceptors (Lipinski definition) is 2. The van der Waals surface area contributed by atoms with Crippen molar-refractivity contribution in [3.05, 3.63) is 11.8 Å². The van der Waals surface area contributed by atoms with Crippen molar-refractivity contribution in [3.8, 4) is 0 Å². The van der Waals surface area contributed by atoms with Crippen molar-refractivity contribution >= 4 is 5.78 Å². The Labute approximate surface area is 135 Å². The number of rotatable bonds is 3. The van der Waals surface area contributed by atoms with E-state index in [1.54, 1.807) is 0 Å². The van der Waals surface area contributed by atoms with E-state index in [9.17, 15) is 4.79 Å². The molecule has 0 saturated heterocycles. The smallest absolute Gasteiger partial charge is 0.157 e. The van der Waals surface area contributed by atoms with Crippen LogP contribution >= 0.6 is 0 Å². The summed E-state index contributed by atoms with van der Waals surface area (Å²) in [6.45, 7) is 6.81. The molecule has 0 spiro atoms. The third-order valence-electron chi connectivity index (χ3n) is 6.95. The van der Waals surface area contributed by atoms with Gasteiger partial charge >= 0.3 is 0 Å². The highest BCUT2D eigenvalue weighted by Crippen LogP contribution is 2.57. The normalized spacial score (nSPS) is 43.9. The molecule has 4 bridgehead atoms. The Bertz CT molecular complexity index is 476. The zero-order valence-electron chi connectivity index (χ0n) is 14.4. The highest BCUT2D eigenvalue weighted by Gasteiger charge is 2.49. The quantitative estimate of drug-likeness (QED) is 0.841. The molecule has 0 aliphatic heterocycles. The molecule has 5 aliphatic carbocycles. The lowest BCUT2D eigenvalue weighted by Gasteiger charge is -2.56. The van der Waals surface area contributed by atoms with Crippen molar-refractivity contribution < 1.29 is 4.79 Å². The fourth-order valence-corrected chi connectivity index (χ4v) is 6.61. The molecule has 0 aromatic carbocycles. The first-order valence-electron chi connectivity index (χ1n) is 9.39. The molecule has 0 unspecified atom stereocenters. The van der Waals surface area contributed by atoms with Gasteiger partial charge < -0.3 is 5.32 Å². The maximum Gasteiger partial charge on any atom is 0.157 e. The molecule has 2 nitrogen and oxygen atoms in total. The van der Waals surface area contributed by atoms with E-state index in [-0.39, 0.29) is 5.41 Å². The summed E-state index contributed by atoms with van der Waals surface area (Å²) >= 11 is 0. The van der Waals surface area contributed by atoms with E-state index in [2.05, 4.69) is 26.1 Å². The van der Waals surface area contributed by atoms with Gasteiger partial charge in [-0.05, 0) is 80.5 Å². The van der Waals surface area contributed by atoms with Gasteiger partial charge in [-0.15, -0.1) is 0 Å². The van der Waals surface area contributed by atoms with Crippen molar-refractivity contribution in [2.45, 2.75) is 71.8 Å². The van der Waals surface area contributed by atoms with Gasteiger partial charge in [0.15, 0.2) is 5.78 Å². The van der Waals surface area contributed by atoms with Gasteiger partial charge in [0.1, 0.15) is 0 Å². The van der Waals surface area contributed by atoms with Gasteiger partial charge in [0.25, 0.3) is 0 Å². The van der Waals surface area contributed by atoms with E-state index in [1.165, 1.54) is 37.8 Å². The second-order valence-corrected chi connectivity index (χ2v) is 9.59. The molecule has 5 aliphatic rings. The topological polar surface area (TPSA) is 29.1 Å². The molecule has 1 atom stereocenters. The third kappa shape index (κ3) is 2.63. The Hall–Kier alpha value is -0.790. The van der Waals surface area contributed by atoms with Crippen LogP contribution in [0.15, 0.2) is 11.8 Å². The minimum Gasteiger partial charge on any atom is -0.385 e. The number of carbonyl (C=O) groups excluding carboxylic acids is 1. The van der Waals surface area contributed by atoms with Crippen LogP contribution in [0.1, 0.15) is 65.7 Å². The molecule has 4 fully saturated rings. The maximum absolute atomic E-state index is 12.0. The Morgan fingerprint density at radius 2 is 1.64 bits per heavy atom. The highest BCUT2D eigenvalue weighted by atomic mass is 16.1. The monoisotopic (exact) mass is 301 g/mol. The van der Waals surface area contributed by atoms with Crippen LogP contribution in [-0.2, 0) is 4.79 Å². The van der Waals surface area contributed by atoms with Gasteiger partial charge in [-0.1, -0.05) is 13.8 Å². The third-order valence-corrected chi connectivity index (χ3v) is 6.95. The fourth-order valence-electron chi connectivity index (χ4n) is 6.61. The second-order valence-electron chi connectivity index (χ2n) is 9.59. The van der Waals surface area contributed by atoms with Crippen LogP contribution in [0.4, 0.5) is 0 Å². The molecule has 0 aromatic heterocycles. The van der Waals surface area contributed by atoms with E-state index in [1.807, 2.05) is 6.08 Å². The predicted molar refractivity (Wildman–Crippen MR) is 89.2 cm³/mol. The van der Waals surface area contributed by atoms with Crippen LogP contribution in [0, 0.1) is 35.0 Å². The minimum absolute atomic E-state index is 0.123. The van der Waals surface area contributed by atoms with Crippen LogP contribution in [-0.4, -0.2) is 11.8 Å². The zero-order valence-corrected chi connectivity index (χ0v) is 14.4. The first kappa shape index (κ1) is 14.8. The van der Waals surface area contributed by atoms with Crippen molar-refractivity contribution in [2.75, 3.05) is 0 Å². The molecular formula is C20H31NO. The zero-order chi connectivity index (χ0) is 15.5. The van der Waals surface area contributed by atoms with Crippen molar-refractivity contribution in [2.24, 2.45) is 35.0 Å². The molecule has 5 rings (SSSR count). The Morgan fingerprint density at radius 3 is 2.18 bits per heavy atom. The molecule has 0 amide bonds. The van der Waals surface area contributed by atoms with Gasteiger partial charge in [-0.3, -0.25) is 4.79 Å². The minimum atomic E-state index is 0.123. The lowest BCUT2D eigenvalue weighted by Crippen LogP contribution is -2.52. The summed E-state index contributed by atoms with van der Waals surface area (Å²) in [7, 11) is 0. The highest BCUT2D eigenvalue weighted by molar-refractivity contribution is 5.91. The Morgan fingerprint density at radius 1 is 1.05 bits per heavy atom. The molecule has 4 saturated carbocycles. The molecule has 0 heterocycles. The van der Waals surface area contributed by atoms with Crippen LogP contribution in [0.2, 0.25) is 0 Å². The van der Waals surface area contributed by atoms with Gasteiger partial charge in [0.2, 0.25) is 0 Å². The summed E-state index contributed by atoms with van der Waals surface area (Å²) in [6, 6.07) is 0.531. The number of hydrogen-bond donors (Lipinski definition) is 1.